The van der Waals surface area contributed by atoms with Crippen LogP contribution in [0.5, 0.6) is 11.5 Å². The summed E-state index contributed by atoms with van der Waals surface area (Å²) in [6.07, 6.45) is 14.2. The van der Waals surface area contributed by atoms with E-state index < -0.39 is 0 Å². The molecule has 1 aromatic carbocycles. The van der Waals surface area contributed by atoms with Crippen LogP contribution < -0.4 is 9.47 Å². The van der Waals surface area contributed by atoms with Gasteiger partial charge in [-0.1, -0.05) is 12.8 Å². The molecule has 0 saturated heterocycles. The zero-order chi connectivity index (χ0) is 35.5. The lowest BCUT2D eigenvalue weighted by Gasteiger charge is -2.45. The minimum Gasteiger partial charge on any atom is -0.481 e. The number of ether oxygens (including phenoxy) is 2. The fourth-order valence-corrected chi connectivity index (χ4v) is 12.6. The van der Waals surface area contributed by atoms with Crippen LogP contribution in [0, 0.1) is 40.6 Å². The molecule has 0 amide bonds. The Labute approximate surface area is 318 Å². The second kappa shape index (κ2) is 12.9. The van der Waals surface area contributed by atoms with E-state index in [2.05, 4.69) is 41.2 Å². The fraction of sp³-hybridized carbons (Fsp3) is 0.286. The molecule has 0 atom stereocenters. The van der Waals surface area contributed by atoms with Gasteiger partial charge in [-0.2, -0.15) is 10.5 Å². The minimum absolute atomic E-state index is 0.0853. The van der Waals surface area contributed by atoms with Gasteiger partial charge in [0.15, 0.2) is 0 Å². The van der Waals surface area contributed by atoms with Crippen molar-refractivity contribution in [2.75, 3.05) is 0 Å². The lowest BCUT2D eigenvalue weighted by Crippen LogP contribution is -2.40. The molecule has 6 nitrogen and oxygen atoms in total. The van der Waals surface area contributed by atoms with Gasteiger partial charge in [0.1, 0.15) is 40.4 Å². The van der Waals surface area contributed by atoms with Gasteiger partial charge in [-0.05, 0) is 99.9 Å². The number of nitriles is 3. The largest absolute Gasteiger partial charge is 0.481 e. The predicted molar refractivity (Wildman–Crippen MR) is 210 cm³/mol. The average Bonchev–Trinajstić information content (AvgIpc) is 4.00. The van der Waals surface area contributed by atoms with Crippen LogP contribution in [0.1, 0.15) is 85.1 Å². The summed E-state index contributed by atoms with van der Waals surface area (Å²) in [5.74, 6) is 1.90. The Bertz CT molecular complexity index is 2300. The maximum Gasteiger partial charge on any atom is 0.263 e. The minimum atomic E-state index is -0.388. The number of fused-ring (bicyclic) bond motifs is 8. The molecular formula is C42H30N4O2S4. The van der Waals surface area contributed by atoms with Gasteiger partial charge in [0, 0.05) is 63.6 Å². The Morgan fingerprint density at radius 1 is 0.615 bits per heavy atom. The fourth-order valence-electron chi connectivity index (χ4n) is 8.35. The molecule has 4 aromatic heterocycles. The third kappa shape index (κ3) is 5.42. The third-order valence-corrected chi connectivity index (χ3v) is 15.5. The normalized spacial score (nSPS) is 17.5. The Morgan fingerprint density at radius 2 is 1.10 bits per heavy atom. The molecule has 0 bridgehead atoms. The van der Waals surface area contributed by atoms with E-state index in [1.54, 1.807) is 57.5 Å². The van der Waals surface area contributed by atoms with E-state index in [4.69, 9.17) is 16.0 Å². The molecule has 10 heteroatoms. The second-order valence-electron chi connectivity index (χ2n) is 13.8. The van der Waals surface area contributed by atoms with Crippen LogP contribution >= 0.6 is 45.3 Å². The smallest absolute Gasteiger partial charge is 0.263 e. The number of rotatable bonds is 4. The SMILES string of the molecule is [C-]#[N+]/C(C#N)=C/c1ccc(-c2cc3c(s2)-c2cc4c(cc2C2(CCCCC2)O3)-c2sc(-c3ccc(C=C(C#N)C#N)s3)cc2OC42CCCCC2)s1. The van der Waals surface area contributed by atoms with Gasteiger partial charge in [-0.15, -0.1) is 45.3 Å². The molecule has 254 valence electrons. The summed E-state index contributed by atoms with van der Waals surface area (Å²) in [5, 5.41) is 27.9. The number of allylic oxidation sites excluding steroid dienone is 2. The zero-order valence-corrected chi connectivity index (χ0v) is 31.3. The van der Waals surface area contributed by atoms with Gasteiger partial charge in [-0.25, -0.2) is 10.1 Å². The third-order valence-electron chi connectivity index (χ3n) is 10.7. The molecule has 2 fully saturated rings. The molecule has 2 aliphatic carbocycles. The Balaban J connectivity index is 1.19. The molecule has 2 saturated carbocycles. The number of hydrogen-bond acceptors (Lipinski definition) is 9. The molecule has 6 heterocycles. The van der Waals surface area contributed by atoms with Crippen molar-refractivity contribution < 1.29 is 9.47 Å². The van der Waals surface area contributed by atoms with E-state index in [1.165, 1.54) is 35.1 Å². The highest BCUT2D eigenvalue weighted by Crippen LogP contribution is 2.61. The summed E-state index contributed by atoms with van der Waals surface area (Å²) >= 11 is 6.70. The summed E-state index contributed by atoms with van der Waals surface area (Å²) in [5.41, 5.74) is 4.52. The number of nitrogens with zero attached hydrogens (tertiary/aromatic N) is 4. The van der Waals surface area contributed by atoms with Gasteiger partial charge < -0.3 is 9.47 Å². The maximum atomic E-state index is 9.29. The maximum absolute atomic E-state index is 9.29. The molecule has 52 heavy (non-hydrogen) atoms. The number of benzene rings is 1. The Kier molecular flexibility index (Phi) is 8.19. The highest BCUT2D eigenvalue weighted by molar-refractivity contribution is 7.25. The van der Waals surface area contributed by atoms with Crippen LogP contribution in [-0.4, -0.2) is 0 Å². The van der Waals surface area contributed by atoms with Crippen molar-refractivity contribution in [1.29, 1.82) is 15.8 Å². The first kappa shape index (κ1) is 32.9. The summed E-state index contributed by atoms with van der Waals surface area (Å²) in [6.45, 7) is 7.28. The van der Waals surface area contributed by atoms with Crippen molar-refractivity contribution in [1.82, 2.24) is 0 Å². The van der Waals surface area contributed by atoms with Crippen molar-refractivity contribution in [3.05, 3.63) is 92.1 Å². The molecule has 5 aromatic rings. The van der Waals surface area contributed by atoms with Crippen molar-refractivity contribution in [3.63, 3.8) is 0 Å². The molecule has 0 N–H and O–H groups in total. The first-order valence-electron chi connectivity index (χ1n) is 17.5. The molecule has 4 aliphatic rings. The quantitative estimate of drug-likeness (QED) is 0.135. The molecule has 2 aliphatic heterocycles. The predicted octanol–water partition coefficient (Wildman–Crippen LogP) is 12.9. The Hall–Kier alpha value is -4.94. The van der Waals surface area contributed by atoms with Crippen molar-refractivity contribution >= 4 is 57.5 Å². The number of thiophene rings is 4. The lowest BCUT2D eigenvalue weighted by atomic mass is 9.71. The summed E-state index contributed by atoms with van der Waals surface area (Å²) in [7, 11) is 0. The van der Waals surface area contributed by atoms with Gasteiger partial charge in [0.25, 0.3) is 5.70 Å². The standard InChI is InChI=1S/C42H30N4O2S4/c1-46-26(24-45)17-28-9-11-36(50-28)38-21-34-40(52-38)30-19-31-29(18-32(30)42(48-34)14-6-3-7-15-42)39-33(47-41(31)12-4-2-5-13-41)20-37(51-39)35-10-8-27(49-35)16-25(22-43)23-44/h8-11,16-21H,2-7,12-15H2/b26-17+. The summed E-state index contributed by atoms with van der Waals surface area (Å²) in [6, 6.07) is 23.4. The summed E-state index contributed by atoms with van der Waals surface area (Å²) in [4.78, 5) is 11.9. The van der Waals surface area contributed by atoms with E-state index in [-0.39, 0.29) is 22.5 Å². The second-order valence-corrected chi connectivity index (χ2v) is 18.1. The highest BCUT2D eigenvalue weighted by Gasteiger charge is 2.48. The molecule has 9 rings (SSSR count). The lowest BCUT2D eigenvalue weighted by molar-refractivity contribution is 0.0206. The molecular weight excluding hydrogens is 721 g/mol. The highest BCUT2D eigenvalue weighted by atomic mass is 32.1. The summed E-state index contributed by atoms with van der Waals surface area (Å²) < 4.78 is 14.4. The molecule has 0 unspecified atom stereocenters. The topological polar surface area (TPSA) is 94.2 Å². The van der Waals surface area contributed by atoms with Gasteiger partial charge in [0.2, 0.25) is 0 Å². The van der Waals surface area contributed by atoms with E-state index >= 15 is 0 Å². The van der Waals surface area contributed by atoms with E-state index in [0.29, 0.717) is 0 Å². The van der Waals surface area contributed by atoms with E-state index in [0.717, 1.165) is 102 Å². The van der Waals surface area contributed by atoms with Crippen molar-refractivity contribution in [2.45, 2.75) is 75.4 Å². The van der Waals surface area contributed by atoms with Crippen LogP contribution in [0.2, 0.25) is 0 Å². The molecule has 2 spiro atoms. The Morgan fingerprint density at radius 3 is 1.54 bits per heavy atom. The van der Waals surface area contributed by atoms with Crippen LogP contribution in [0.25, 0.3) is 57.4 Å². The van der Waals surface area contributed by atoms with Crippen molar-refractivity contribution in [2.24, 2.45) is 0 Å². The van der Waals surface area contributed by atoms with Crippen LogP contribution in [-0.2, 0) is 11.2 Å². The monoisotopic (exact) mass is 750 g/mol. The molecule has 0 radical (unpaired) electrons. The first-order chi connectivity index (χ1) is 25.4. The van der Waals surface area contributed by atoms with Crippen LogP contribution in [0.3, 0.4) is 0 Å². The van der Waals surface area contributed by atoms with Crippen LogP contribution in [0.15, 0.2) is 59.8 Å². The number of hydrogen-bond donors (Lipinski definition) is 0. The average molecular weight is 751 g/mol. The van der Waals surface area contributed by atoms with Crippen LogP contribution in [0.4, 0.5) is 0 Å². The van der Waals surface area contributed by atoms with Crippen molar-refractivity contribution in [3.8, 4) is 70.1 Å². The van der Waals surface area contributed by atoms with Gasteiger partial charge in [-0.3, -0.25) is 0 Å². The van der Waals surface area contributed by atoms with Gasteiger partial charge in [0.05, 0.1) is 22.4 Å². The zero-order valence-electron chi connectivity index (χ0n) is 28.1. The first-order valence-corrected chi connectivity index (χ1v) is 20.8. The van der Waals surface area contributed by atoms with Gasteiger partial charge >= 0.3 is 0 Å². The van der Waals surface area contributed by atoms with E-state index in [1.807, 2.05) is 30.3 Å². The van der Waals surface area contributed by atoms with E-state index in [9.17, 15) is 15.8 Å².